The van der Waals surface area contributed by atoms with Crippen LogP contribution in [-0.4, -0.2) is 21.2 Å². The summed E-state index contributed by atoms with van der Waals surface area (Å²) in [6.07, 6.45) is 1.27. The molecule has 1 heterocycles. The number of hydrogen-bond donors (Lipinski definition) is 2. The van der Waals surface area contributed by atoms with E-state index >= 15 is 0 Å². The van der Waals surface area contributed by atoms with Crippen molar-refractivity contribution in [2.24, 2.45) is 4.99 Å². The smallest absolute Gasteiger partial charge is 0.307 e. The zero-order chi connectivity index (χ0) is 13.1. The third kappa shape index (κ3) is 2.61. The third-order valence-electron chi connectivity index (χ3n) is 2.03. The molecule has 0 saturated carbocycles. The minimum Gasteiger partial charge on any atom is -0.493 e. The van der Waals surface area contributed by atoms with Crippen molar-refractivity contribution in [2.45, 2.75) is 0 Å². The Labute approximate surface area is 104 Å². The minimum atomic E-state index is -0.523. The van der Waals surface area contributed by atoms with Crippen molar-refractivity contribution in [3.05, 3.63) is 48.9 Å². The highest BCUT2D eigenvalue weighted by Crippen LogP contribution is 2.20. The number of aromatic hydroxyl groups is 1. The molecule has 0 aliphatic carbocycles. The van der Waals surface area contributed by atoms with Gasteiger partial charge in [-0.15, -0.1) is 0 Å². The highest BCUT2D eigenvalue weighted by Gasteiger charge is 2.06. The van der Waals surface area contributed by atoms with Crippen molar-refractivity contribution in [2.75, 3.05) is 0 Å². The van der Waals surface area contributed by atoms with Crippen LogP contribution in [0.4, 0.5) is 11.4 Å². The van der Waals surface area contributed by atoms with E-state index in [1.807, 2.05) is 0 Å². The summed E-state index contributed by atoms with van der Waals surface area (Å²) in [6, 6.07) is 5.73. The summed E-state index contributed by atoms with van der Waals surface area (Å²) in [4.78, 5) is 27.0. The van der Waals surface area contributed by atoms with Gasteiger partial charge >= 0.3 is 4.87 Å². The normalized spacial score (nSPS) is 10.9. The largest absolute Gasteiger partial charge is 0.493 e. The molecule has 0 bridgehead atoms. The van der Waals surface area contributed by atoms with Gasteiger partial charge in [-0.1, -0.05) is 17.4 Å². The number of rotatable bonds is 3. The maximum atomic E-state index is 10.9. The first-order valence-electron chi connectivity index (χ1n) is 4.77. The molecular weight excluding hydrogens is 258 g/mol. The molecule has 1 aromatic heterocycles. The van der Waals surface area contributed by atoms with Crippen molar-refractivity contribution >= 4 is 28.9 Å². The molecule has 1 aromatic carbocycles. The van der Waals surface area contributed by atoms with Gasteiger partial charge in [-0.05, 0) is 6.07 Å². The average molecular weight is 265 g/mol. The topological polar surface area (TPSA) is 109 Å². The molecule has 0 radical (unpaired) electrons. The van der Waals surface area contributed by atoms with Gasteiger partial charge < -0.3 is 5.11 Å². The van der Waals surface area contributed by atoms with Crippen LogP contribution >= 0.6 is 11.3 Å². The van der Waals surface area contributed by atoms with E-state index in [1.54, 1.807) is 6.07 Å². The van der Waals surface area contributed by atoms with Gasteiger partial charge in [0.25, 0.3) is 5.69 Å². The summed E-state index contributed by atoms with van der Waals surface area (Å²) in [5, 5.41) is 19.9. The molecule has 0 unspecified atom stereocenters. The predicted molar refractivity (Wildman–Crippen MR) is 67.0 cm³/mol. The number of H-pyrrole nitrogens is 1. The predicted octanol–water partition coefficient (Wildman–Crippen LogP) is 1.80. The second kappa shape index (κ2) is 4.80. The fourth-order valence-electron chi connectivity index (χ4n) is 1.24. The Balaban J connectivity index is 2.29. The Morgan fingerprint density at radius 1 is 1.50 bits per heavy atom. The van der Waals surface area contributed by atoms with Crippen molar-refractivity contribution < 1.29 is 10.0 Å². The van der Waals surface area contributed by atoms with Gasteiger partial charge in [0.05, 0.1) is 16.8 Å². The third-order valence-corrected chi connectivity index (χ3v) is 2.83. The van der Waals surface area contributed by atoms with Gasteiger partial charge in [0.1, 0.15) is 4.88 Å². The number of aromatic nitrogens is 1. The number of nitrogens with one attached hydrogen (secondary N) is 1. The number of nitrogens with zero attached hydrogens (tertiary/aromatic N) is 2. The number of aliphatic imine (C=N–C) groups is 1. The van der Waals surface area contributed by atoms with Crippen molar-refractivity contribution in [1.29, 1.82) is 0 Å². The number of nitro groups is 1. The maximum Gasteiger partial charge on any atom is 0.307 e. The summed E-state index contributed by atoms with van der Waals surface area (Å²) in [6.45, 7) is 0. The van der Waals surface area contributed by atoms with E-state index in [0.717, 1.165) is 11.3 Å². The summed E-state index contributed by atoms with van der Waals surface area (Å²) in [5.41, 5.74) is 0.292. The number of benzene rings is 1. The number of hydrogen-bond acceptors (Lipinski definition) is 6. The Kier molecular flexibility index (Phi) is 3.20. The second-order valence-electron chi connectivity index (χ2n) is 3.26. The Morgan fingerprint density at radius 2 is 2.28 bits per heavy atom. The van der Waals surface area contributed by atoms with Gasteiger partial charge in [0.2, 0.25) is 5.88 Å². The molecule has 0 atom stereocenters. The number of nitro benzene ring substituents is 1. The summed E-state index contributed by atoms with van der Waals surface area (Å²) in [7, 11) is 0. The van der Waals surface area contributed by atoms with Crippen molar-refractivity contribution in [3.63, 3.8) is 0 Å². The standard InChI is InChI=1S/C10H7N3O4S/c14-9-8(18-10(15)12-9)5-11-6-2-1-3-7(4-6)13(16)17/h1-5,14H,(H,12,15). The van der Waals surface area contributed by atoms with Crippen LogP contribution < -0.4 is 4.87 Å². The van der Waals surface area contributed by atoms with Gasteiger partial charge in [0.15, 0.2) is 0 Å². The molecule has 2 rings (SSSR count). The molecule has 0 aliphatic rings. The van der Waals surface area contributed by atoms with Crippen LogP contribution in [0, 0.1) is 10.1 Å². The van der Waals surface area contributed by atoms with E-state index < -0.39 is 9.80 Å². The molecule has 0 amide bonds. The zero-order valence-corrected chi connectivity index (χ0v) is 9.68. The molecule has 8 heteroatoms. The zero-order valence-electron chi connectivity index (χ0n) is 8.86. The Bertz CT molecular complexity index is 674. The fourth-order valence-corrected chi connectivity index (χ4v) is 1.84. The van der Waals surface area contributed by atoms with Gasteiger partial charge in [-0.3, -0.25) is 24.9 Å². The van der Waals surface area contributed by atoms with Crippen LogP contribution in [0.15, 0.2) is 34.1 Å². The first kappa shape index (κ1) is 12.0. The lowest BCUT2D eigenvalue weighted by Crippen LogP contribution is -1.89. The quantitative estimate of drug-likeness (QED) is 0.501. The lowest BCUT2D eigenvalue weighted by molar-refractivity contribution is -0.384. The average Bonchev–Trinajstić information content (AvgIpc) is 2.65. The maximum absolute atomic E-state index is 10.9. The Morgan fingerprint density at radius 3 is 2.89 bits per heavy atom. The lowest BCUT2D eigenvalue weighted by atomic mass is 10.3. The summed E-state index contributed by atoms with van der Waals surface area (Å²) in [5.74, 6) is -0.265. The lowest BCUT2D eigenvalue weighted by Gasteiger charge is -1.93. The molecule has 0 saturated heterocycles. The SMILES string of the molecule is O=c1[nH]c(O)c(C=Nc2cccc([N+](=O)[O-])c2)s1. The Hall–Kier alpha value is -2.48. The first-order valence-corrected chi connectivity index (χ1v) is 5.58. The molecule has 2 N–H and O–H groups in total. The summed E-state index contributed by atoms with van der Waals surface area (Å²) >= 11 is 0.800. The molecule has 7 nitrogen and oxygen atoms in total. The van der Waals surface area contributed by atoms with E-state index in [9.17, 15) is 20.0 Å². The van der Waals surface area contributed by atoms with Gasteiger partial charge in [-0.25, -0.2) is 0 Å². The van der Waals surface area contributed by atoms with Crippen LogP contribution in [0.3, 0.4) is 0 Å². The number of thiazole rings is 1. The molecule has 18 heavy (non-hydrogen) atoms. The van der Waals surface area contributed by atoms with Gasteiger partial charge in [0, 0.05) is 12.1 Å². The summed E-state index contributed by atoms with van der Waals surface area (Å²) < 4.78 is 0. The highest BCUT2D eigenvalue weighted by molar-refractivity contribution is 7.11. The number of non-ortho nitro benzene ring substituents is 1. The monoisotopic (exact) mass is 265 g/mol. The van der Waals surface area contributed by atoms with Crippen molar-refractivity contribution in [3.8, 4) is 5.88 Å². The van der Waals surface area contributed by atoms with Crippen LogP contribution in [0.5, 0.6) is 5.88 Å². The van der Waals surface area contributed by atoms with E-state index in [2.05, 4.69) is 9.98 Å². The first-order chi connectivity index (χ1) is 8.56. The van der Waals surface area contributed by atoms with E-state index in [-0.39, 0.29) is 16.4 Å². The van der Waals surface area contributed by atoms with Crippen LogP contribution in [-0.2, 0) is 0 Å². The molecule has 0 aliphatic heterocycles. The number of aromatic amines is 1. The molecule has 92 valence electrons. The highest BCUT2D eigenvalue weighted by atomic mass is 32.1. The van der Waals surface area contributed by atoms with E-state index in [1.165, 1.54) is 24.4 Å². The molecule has 0 spiro atoms. The molecule has 0 fully saturated rings. The molecular formula is C10H7N3O4S. The fraction of sp³-hybridized carbons (Fsp3) is 0. The van der Waals surface area contributed by atoms with Gasteiger partial charge in [-0.2, -0.15) is 0 Å². The van der Waals surface area contributed by atoms with Crippen molar-refractivity contribution in [1.82, 2.24) is 4.98 Å². The van der Waals surface area contributed by atoms with Crippen LogP contribution in [0.25, 0.3) is 0 Å². The second-order valence-corrected chi connectivity index (χ2v) is 4.28. The van der Waals surface area contributed by atoms with E-state index in [4.69, 9.17) is 0 Å². The van der Waals surface area contributed by atoms with Crippen LogP contribution in [0.1, 0.15) is 4.88 Å². The van der Waals surface area contributed by atoms with E-state index in [0.29, 0.717) is 5.69 Å². The minimum absolute atomic E-state index is 0.0730. The molecule has 2 aromatic rings. The van der Waals surface area contributed by atoms with Crippen LogP contribution in [0.2, 0.25) is 0 Å².